The highest BCUT2D eigenvalue weighted by Gasteiger charge is 2.32. The van der Waals surface area contributed by atoms with E-state index in [9.17, 15) is 9.59 Å². The average Bonchev–Trinajstić information content (AvgIpc) is 3.33. The topological polar surface area (TPSA) is 87.1 Å². The largest absolute Gasteiger partial charge is 0.331 e. The van der Waals surface area contributed by atoms with Gasteiger partial charge in [0.05, 0.1) is 17.3 Å². The molecule has 0 aromatic carbocycles. The highest BCUT2D eigenvalue weighted by molar-refractivity contribution is 5.76. The van der Waals surface area contributed by atoms with Gasteiger partial charge in [0, 0.05) is 45.0 Å². The van der Waals surface area contributed by atoms with Gasteiger partial charge >= 0.3 is 0 Å². The molecule has 172 valence electrons. The Balaban J connectivity index is 1.31. The first kappa shape index (κ1) is 21.4. The lowest BCUT2D eigenvalue weighted by molar-refractivity contribution is -0.136. The van der Waals surface area contributed by atoms with Gasteiger partial charge in [0.15, 0.2) is 0 Å². The number of H-pyrrole nitrogens is 1. The second-order valence-electron chi connectivity index (χ2n) is 9.67. The second-order valence-corrected chi connectivity index (χ2v) is 9.67. The Hall–Kier alpha value is -2.48. The summed E-state index contributed by atoms with van der Waals surface area (Å²) in [5.74, 6) is 1.45. The van der Waals surface area contributed by atoms with Gasteiger partial charge in [-0.1, -0.05) is 19.3 Å². The zero-order chi connectivity index (χ0) is 21.9. The summed E-state index contributed by atoms with van der Waals surface area (Å²) >= 11 is 0. The zero-order valence-corrected chi connectivity index (χ0v) is 18.8. The van der Waals surface area contributed by atoms with E-state index < -0.39 is 0 Å². The van der Waals surface area contributed by atoms with E-state index in [1.54, 1.807) is 17.1 Å². The maximum absolute atomic E-state index is 13.1. The number of aromatic nitrogens is 4. The number of aromatic amines is 1. The number of likely N-dealkylation sites (tertiary alicyclic amines) is 1. The van der Waals surface area contributed by atoms with E-state index in [2.05, 4.69) is 15.0 Å². The molecule has 1 amide bonds. The van der Waals surface area contributed by atoms with Crippen LogP contribution >= 0.6 is 0 Å². The zero-order valence-electron chi connectivity index (χ0n) is 18.8. The quantitative estimate of drug-likeness (QED) is 0.776. The van der Waals surface area contributed by atoms with Gasteiger partial charge in [-0.2, -0.15) is 5.10 Å². The van der Waals surface area contributed by atoms with Gasteiger partial charge in [0.1, 0.15) is 12.4 Å². The Morgan fingerprint density at radius 2 is 1.94 bits per heavy atom. The number of rotatable bonds is 5. The molecule has 4 heterocycles. The second kappa shape index (κ2) is 9.57. The van der Waals surface area contributed by atoms with Crippen LogP contribution in [0.3, 0.4) is 0 Å². The third-order valence-corrected chi connectivity index (χ3v) is 7.40. The summed E-state index contributed by atoms with van der Waals surface area (Å²) in [6, 6.07) is 1.66. The summed E-state index contributed by atoms with van der Waals surface area (Å²) in [6.45, 7) is 3.67. The molecule has 5 rings (SSSR count). The molecule has 2 aliphatic heterocycles. The Kier molecular flexibility index (Phi) is 6.39. The number of fused-ring (bicyclic) bond motifs is 1. The van der Waals surface area contributed by atoms with Crippen LogP contribution in [0.15, 0.2) is 23.3 Å². The Morgan fingerprint density at radius 1 is 1.09 bits per heavy atom. The Bertz CT molecular complexity index is 979. The third-order valence-electron chi connectivity index (χ3n) is 7.40. The van der Waals surface area contributed by atoms with Crippen LogP contribution in [0.25, 0.3) is 0 Å². The molecule has 8 heteroatoms. The van der Waals surface area contributed by atoms with Crippen LogP contribution in [-0.2, 0) is 24.3 Å². The fraction of sp³-hybridized carbons (Fsp3) is 0.667. The highest BCUT2D eigenvalue weighted by Crippen LogP contribution is 2.30. The summed E-state index contributed by atoms with van der Waals surface area (Å²) in [7, 11) is 0. The first-order valence-electron chi connectivity index (χ1n) is 12.3. The molecule has 2 aromatic heterocycles. The Morgan fingerprint density at radius 3 is 2.75 bits per heavy atom. The molecular formula is C24H34N6O2. The average molecular weight is 439 g/mol. The maximum Gasteiger partial charge on any atom is 0.255 e. The minimum Gasteiger partial charge on any atom is -0.331 e. The third kappa shape index (κ3) is 4.65. The smallest absolute Gasteiger partial charge is 0.255 e. The van der Waals surface area contributed by atoms with Crippen molar-refractivity contribution in [3.8, 4) is 0 Å². The lowest BCUT2D eigenvalue weighted by Gasteiger charge is -2.36. The molecule has 1 aliphatic carbocycles. The summed E-state index contributed by atoms with van der Waals surface area (Å²) in [5.41, 5.74) is 1.72. The van der Waals surface area contributed by atoms with E-state index in [-0.39, 0.29) is 24.1 Å². The molecule has 1 atom stereocenters. The summed E-state index contributed by atoms with van der Waals surface area (Å²) in [6.07, 6.45) is 13.8. The van der Waals surface area contributed by atoms with E-state index >= 15 is 0 Å². The van der Waals surface area contributed by atoms with Gasteiger partial charge in [-0.25, -0.2) is 4.98 Å². The van der Waals surface area contributed by atoms with E-state index in [4.69, 9.17) is 4.98 Å². The summed E-state index contributed by atoms with van der Waals surface area (Å²) in [4.78, 5) is 38.3. The first-order valence-corrected chi connectivity index (χ1v) is 12.3. The SMILES string of the molecule is O=C(Cn1cccn1)N1CCCC[C@H]1c1nc2c(c(=O)[nH]1)CN(CC1CCCCC1)CC2. The van der Waals surface area contributed by atoms with Gasteiger partial charge in [-0.3, -0.25) is 19.2 Å². The molecule has 32 heavy (non-hydrogen) atoms. The van der Waals surface area contributed by atoms with E-state index in [1.807, 2.05) is 11.0 Å². The predicted octanol–water partition coefficient (Wildman–Crippen LogP) is 2.66. The molecule has 0 spiro atoms. The van der Waals surface area contributed by atoms with Gasteiger partial charge < -0.3 is 9.88 Å². The minimum absolute atomic E-state index is 0.0246. The molecule has 2 aromatic rings. The number of carbonyl (C=O) groups is 1. The van der Waals surface area contributed by atoms with Crippen molar-refractivity contribution < 1.29 is 4.79 Å². The van der Waals surface area contributed by atoms with Crippen molar-refractivity contribution in [2.75, 3.05) is 19.6 Å². The van der Waals surface area contributed by atoms with Crippen LogP contribution < -0.4 is 5.56 Å². The van der Waals surface area contributed by atoms with E-state index in [1.165, 1.54) is 32.1 Å². The first-order chi connectivity index (χ1) is 15.7. The highest BCUT2D eigenvalue weighted by atomic mass is 16.2. The number of nitrogens with zero attached hydrogens (tertiary/aromatic N) is 5. The molecule has 1 saturated carbocycles. The lowest BCUT2D eigenvalue weighted by Crippen LogP contribution is -2.43. The van der Waals surface area contributed by atoms with Crippen molar-refractivity contribution in [1.82, 2.24) is 29.5 Å². The van der Waals surface area contributed by atoms with Crippen molar-refractivity contribution in [1.29, 1.82) is 0 Å². The van der Waals surface area contributed by atoms with Crippen LogP contribution in [0.5, 0.6) is 0 Å². The minimum atomic E-state index is -0.162. The van der Waals surface area contributed by atoms with E-state index in [0.717, 1.165) is 55.9 Å². The predicted molar refractivity (Wildman–Crippen MR) is 121 cm³/mol. The van der Waals surface area contributed by atoms with Crippen molar-refractivity contribution in [2.45, 2.75) is 76.9 Å². The fourth-order valence-electron chi connectivity index (χ4n) is 5.69. The number of nitrogens with one attached hydrogen (secondary N) is 1. The maximum atomic E-state index is 13.1. The van der Waals surface area contributed by atoms with Crippen molar-refractivity contribution in [2.24, 2.45) is 5.92 Å². The number of amides is 1. The summed E-state index contributed by atoms with van der Waals surface area (Å²) in [5, 5.41) is 4.16. The number of carbonyl (C=O) groups excluding carboxylic acids is 1. The molecule has 0 radical (unpaired) electrons. The molecule has 2 fully saturated rings. The normalized spacial score (nSPS) is 22.6. The van der Waals surface area contributed by atoms with Crippen molar-refractivity contribution in [3.05, 3.63) is 45.9 Å². The Labute approximate surface area is 189 Å². The number of hydrogen-bond acceptors (Lipinski definition) is 5. The van der Waals surface area contributed by atoms with Crippen LogP contribution in [0, 0.1) is 5.92 Å². The molecule has 0 bridgehead atoms. The number of hydrogen-bond donors (Lipinski definition) is 1. The summed E-state index contributed by atoms with van der Waals surface area (Å²) < 4.78 is 1.65. The van der Waals surface area contributed by atoms with Crippen LogP contribution in [0.1, 0.15) is 74.5 Å². The fourth-order valence-corrected chi connectivity index (χ4v) is 5.69. The van der Waals surface area contributed by atoms with Gasteiger partial charge in [0.25, 0.3) is 5.56 Å². The van der Waals surface area contributed by atoms with Gasteiger partial charge in [0.2, 0.25) is 5.91 Å². The monoisotopic (exact) mass is 438 g/mol. The van der Waals surface area contributed by atoms with E-state index in [0.29, 0.717) is 18.9 Å². The van der Waals surface area contributed by atoms with Gasteiger partial charge in [-0.15, -0.1) is 0 Å². The van der Waals surface area contributed by atoms with Crippen molar-refractivity contribution in [3.63, 3.8) is 0 Å². The molecule has 1 saturated heterocycles. The molecular weight excluding hydrogens is 404 g/mol. The van der Waals surface area contributed by atoms with Crippen LogP contribution in [0.2, 0.25) is 0 Å². The molecule has 3 aliphatic rings. The van der Waals surface area contributed by atoms with Crippen LogP contribution in [0.4, 0.5) is 0 Å². The van der Waals surface area contributed by atoms with Crippen molar-refractivity contribution >= 4 is 5.91 Å². The molecule has 1 N–H and O–H groups in total. The molecule has 0 unspecified atom stereocenters. The number of piperidine rings is 1. The standard InChI is InChI=1S/C24H34N6O2/c31-22(17-29-12-6-11-25-29)30-13-5-4-9-21(30)23-26-20-10-14-28(16-19(20)24(32)27-23)15-18-7-2-1-3-8-18/h6,11-12,18,21H,1-5,7-10,13-17H2,(H,26,27,32)/t21-/m0/s1. The molecule has 8 nitrogen and oxygen atoms in total. The lowest BCUT2D eigenvalue weighted by atomic mass is 9.88. The van der Waals surface area contributed by atoms with Crippen LogP contribution in [-0.4, -0.2) is 55.1 Å². The van der Waals surface area contributed by atoms with Gasteiger partial charge in [-0.05, 0) is 44.1 Å².